The molecule has 4 nitrogen and oxygen atoms in total. The molecule has 0 fully saturated rings. The monoisotopic (exact) mass is 516 g/mol. The Balaban J connectivity index is 2.51. The molecule has 0 saturated heterocycles. The number of hydrogen-bond donors (Lipinski definition) is 1. The van der Waals surface area contributed by atoms with Gasteiger partial charge in [-0.2, -0.15) is 26.3 Å². The molecule has 2 aromatic carbocycles. The van der Waals surface area contributed by atoms with Gasteiger partial charge in [0.15, 0.2) is 0 Å². The summed E-state index contributed by atoms with van der Waals surface area (Å²) < 4.78 is 86.3. The first-order chi connectivity index (χ1) is 16.7. The predicted octanol–water partition coefficient (Wildman–Crippen LogP) is 7.60. The van der Waals surface area contributed by atoms with Crippen molar-refractivity contribution in [1.82, 2.24) is 0 Å². The van der Waals surface area contributed by atoms with E-state index in [1.807, 2.05) is 13.8 Å². The number of allylic oxidation sites excluding steroid dienone is 2. The molecule has 0 bridgehead atoms. The van der Waals surface area contributed by atoms with Crippen LogP contribution in [0, 0.1) is 0 Å². The van der Waals surface area contributed by atoms with Crippen LogP contribution in [-0.2, 0) is 17.3 Å². The summed E-state index contributed by atoms with van der Waals surface area (Å²) in [6, 6.07) is 5.64. The lowest BCUT2D eigenvalue weighted by Gasteiger charge is -2.17. The van der Waals surface area contributed by atoms with Crippen molar-refractivity contribution in [1.29, 1.82) is 0 Å². The van der Waals surface area contributed by atoms with Gasteiger partial charge in [-0.05, 0) is 56.0 Å². The lowest BCUT2D eigenvalue weighted by molar-refractivity contribution is -0.138. The van der Waals surface area contributed by atoms with Crippen LogP contribution < -0.4 is 4.74 Å². The Morgan fingerprint density at radius 1 is 1.03 bits per heavy atom. The second-order valence-corrected chi connectivity index (χ2v) is 8.16. The average Bonchev–Trinajstić information content (AvgIpc) is 2.78. The van der Waals surface area contributed by atoms with Crippen molar-refractivity contribution in [2.75, 3.05) is 13.7 Å². The van der Waals surface area contributed by atoms with Gasteiger partial charge >= 0.3 is 18.3 Å². The zero-order valence-electron chi connectivity index (χ0n) is 19.9. The Hall–Kier alpha value is -3.43. The van der Waals surface area contributed by atoms with Crippen LogP contribution in [-0.4, -0.2) is 31.0 Å². The topological polar surface area (TPSA) is 55.8 Å². The molecule has 36 heavy (non-hydrogen) atoms. The number of benzene rings is 2. The fraction of sp³-hybridized carbons (Fsp3) is 0.346. The van der Waals surface area contributed by atoms with E-state index in [1.165, 1.54) is 30.4 Å². The van der Waals surface area contributed by atoms with Crippen LogP contribution in [0.2, 0.25) is 0 Å². The Kier molecular flexibility index (Phi) is 9.61. The van der Waals surface area contributed by atoms with Crippen LogP contribution >= 0.6 is 0 Å². The molecule has 2 aromatic rings. The van der Waals surface area contributed by atoms with E-state index in [-0.39, 0.29) is 41.9 Å². The number of methoxy groups -OCH3 is 1. The molecule has 0 aromatic heterocycles. The van der Waals surface area contributed by atoms with Crippen molar-refractivity contribution in [2.45, 2.75) is 45.5 Å². The first kappa shape index (κ1) is 28.8. The molecule has 0 aliphatic rings. The summed E-state index contributed by atoms with van der Waals surface area (Å²) in [6.45, 7) is 3.33. The number of aromatic hydroxyl groups is 1. The Morgan fingerprint density at radius 2 is 1.67 bits per heavy atom. The summed E-state index contributed by atoms with van der Waals surface area (Å²) >= 11 is 0. The van der Waals surface area contributed by atoms with Crippen molar-refractivity contribution in [3.63, 3.8) is 0 Å². The molecule has 0 heterocycles. The number of phenols is 1. The van der Waals surface area contributed by atoms with Crippen LogP contribution in [0.5, 0.6) is 11.5 Å². The summed E-state index contributed by atoms with van der Waals surface area (Å²) in [4.78, 5) is 12.5. The van der Waals surface area contributed by atoms with Gasteiger partial charge in [0.05, 0.1) is 19.3 Å². The minimum absolute atomic E-state index is 0.0758. The molecule has 196 valence electrons. The molecule has 0 amide bonds. The van der Waals surface area contributed by atoms with E-state index in [0.29, 0.717) is 5.56 Å². The van der Waals surface area contributed by atoms with Gasteiger partial charge in [-0.1, -0.05) is 35.9 Å². The van der Waals surface area contributed by atoms with E-state index in [1.54, 1.807) is 6.08 Å². The summed E-state index contributed by atoms with van der Waals surface area (Å²) in [7, 11) is 1.11. The van der Waals surface area contributed by atoms with Gasteiger partial charge in [0.1, 0.15) is 17.1 Å². The molecule has 0 saturated carbocycles. The number of phenolic OH excluding ortho intramolecular Hbond substituents is 1. The fourth-order valence-electron chi connectivity index (χ4n) is 3.21. The molecule has 2 rings (SSSR count). The normalized spacial score (nSPS) is 12.0. The number of halogens is 6. The number of rotatable bonds is 9. The molecule has 0 aliphatic carbocycles. The van der Waals surface area contributed by atoms with Crippen molar-refractivity contribution < 1.29 is 45.7 Å². The summed E-state index contributed by atoms with van der Waals surface area (Å²) in [6.07, 6.45) is -5.53. The Morgan fingerprint density at radius 3 is 2.19 bits per heavy atom. The molecule has 10 heteroatoms. The quantitative estimate of drug-likeness (QED) is 0.123. The van der Waals surface area contributed by atoms with Gasteiger partial charge in [-0.15, -0.1) is 0 Å². The van der Waals surface area contributed by atoms with E-state index in [2.05, 4.69) is 0 Å². The molecule has 1 N–H and O–H groups in total. The number of carbonyl (C=O) groups is 1. The van der Waals surface area contributed by atoms with E-state index in [0.717, 1.165) is 24.8 Å². The molecular weight excluding hydrogens is 490 g/mol. The number of hydrogen-bond acceptors (Lipinski definition) is 4. The second kappa shape index (κ2) is 12.0. The maximum absolute atomic E-state index is 12.8. The van der Waals surface area contributed by atoms with E-state index >= 15 is 0 Å². The van der Waals surface area contributed by atoms with Crippen LogP contribution in [0.4, 0.5) is 26.3 Å². The van der Waals surface area contributed by atoms with Gasteiger partial charge in [-0.3, -0.25) is 0 Å². The zero-order valence-corrected chi connectivity index (χ0v) is 19.9. The van der Waals surface area contributed by atoms with Crippen LogP contribution in [0.15, 0.2) is 42.0 Å². The SMILES string of the molecule is COC(=O)c1c(/C=C/c2ccc(C(F)(F)F)cc2)cc(OCCCC(F)(F)F)c(CC=C(C)C)c1O. The van der Waals surface area contributed by atoms with Crippen LogP contribution in [0.3, 0.4) is 0 Å². The van der Waals surface area contributed by atoms with Gasteiger partial charge in [0.2, 0.25) is 0 Å². The number of alkyl halides is 6. The summed E-state index contributed by atoms with van der Waals surface area (Å²) in [5.74, 6) is -1.26. The van der Waals surface area contributed by atoms with Crippen LogP contribution in [0.25, 0.3) is 12.2 Å². The van der Waals surface area contributed by atoms with Crippen molar-refractivity contribution in [2.24, 2.45) is 0 Å². The highest BCUT2D eigenvalue weighted by molar-refractivity contribution is 5.98. The second-order valence-electron chi connectivity index (χ2n) is 8.16. The highest BCUT2D eigenvalue weighted by atomic mass is 19.4. The third-order valence-electron chi connectivity index (χ3n) is 5.05. The predicted molar refractivity (Wildman–Crippen MR) is 124 cm³/mol. The van der Waals surface area contributed by atoms with Gasteiger partial charge < -0.3 is 14.6 Å². The lowest BCUT2D eigenvalue weighted by Crippen LogP contribution is -2.11. The fourth-order valence-corrected chi connectivity index (χ4v) is 3.21. The molecule has 0 spiro atoms. The summed E-state index contributed by atoms with van der Waals surface area (Å²) in [5, 5.41) is 10.9. The van der Waals surface area contributed by atoms with Gasteiger partial charge in [0, 0.05) is 12.0 Å². The maximum Gasteiger partial charge on any atom is 0.416 e. The maximum atomic E-state index is 12.8. The third kappa shape index (κ3) is 8.35. The van der Waals surface area contributed by atoms with Crippen molar-refractivity contribution in [3.8, 4) is 11.5 Å². The molecule has 0 radical (unpaired) electrons. The highest BCUT2D eigenvalue weighted by Crippen LogP contribution is 2.37. The van der Waals surface area contributed by atoms with Crippen molar-refractivity contribution >= 4 is 18.1 Å². The van der Waals surface area contributed by atoms with Gasteiger partial charge in [0.25, 0.3) is 0 Å². The first-order valence-corrected chi connectivity index (χ1v) is 10.9. The first-order valence-electron chi connectivity index (χ1n) is 10.9. The van der Waals surface area contributed by atoms with Crippen molar-refractivity contribution in [3.05, 3.63) is 69.8 Å². The Labute approximate surface area is 204 Å². The summed E-state index contributed by atoms with van der Waals surface area (Å²) in [5.41, 5.74) is 0.537. The minimum Gasteiger partial charge on any atom is -0.507 e. The Bertz CT molecular complexity index is 1110. The molecular formula is C26H26F6O4. The molecule has 0 atom stereocenters. The standard InChI is InChI=1S/C26H26F6O4/c1-16(2)5-12-20-21(36-14-4-13-25(27,28)29)15-18(22(23(20)33)24(34)35-3)9-6-17-7-10-19(11-8-17)26(30,31)32/h5-11,15,33H,4,12-14H2,1-3H3/b9-6+. The average molecular weight is 516 g/mol. The van der Waals surface area contributed by atoms with Crippen LogP contribution in [0.1, 0.15) is 59.3 Å². The largest absolute Gasteiger partial charge is 0.507 e. The zero-order chi connectivity index (χ0) is 27.1. The number of esters is 1. The van der Waals surface area contributed by atoms with Gasteiger partial charge in [-0.25, -0.2) is 4.79 Å². The van der Waals surface area contributed by atoms with E-state index < -0.39 is 36.1 Å². The highest BCUT2D eigenvalue weighted by Gasteiger charge is 2.30. The molecule has 0 aliphatic heterocycles. The number of carbonyl (C=O) groups excluding carboxylic acids is 1. The smallest absolute Gasteiger partial charge is 0.416 e. The van der Waals surface area contributed by atoms with E-state index in [4.69, 9.17) is 9.47 Å². The van der Waals surface area contributed by atoms with E-state index in [9.17, 15) is 36.2 Å². The lowest BCUT2D eigenvalue weighted by atomic mass is 9.97. The third-order valence-corrected chi connectivity index (χ3v) is 5.05. The molecule has 0 unspecified atom stereocenters. The number of ether oxygens (including phenoxy) is 2. The minimum atomic E-state index is -4.49.